The Morgan fingerprint density at radius 2 is 1.92 bits per heavy atom. The predicted molar refractivity (Wildman–Crippen MR) is 87.2 cm³/mol. The first-order valence-electron chi connectivity index (χ1n) is 6.98. The average Bonchev–Trinajstić information content (AvgIpc) is 3.10. The van der Waals surface area contributed by atoms with Crippen LogP contribution in [0, 0.1) is 11.6 Å². The lowest BCUT2D eigenvalue weighted by Crippen LogP contribution is -2.12. The summed E-state index contributed by atoms with van der Waals surface area (Å²) >= 11 is 1.49. The van der Waals surface area contributed by atoms with Crippen LogP contribution in [0.15, 0.2) is 53.4 Å². The zero-order valence-corrected chi connectivity index (χ0v) is 13.1. The highest BCUT2D eigenvalue weighted by Crippen LogP contribution is 2.17. The molecule has 4 nitrogen and oxygen atoms in total. The van der Waals surface area contributed by atoms with Crippen LogP contribution in [-0.2, 0) is 6.61 Å². The van der Waals surface area contributed by atoms with E-state index in [0.29, 0.717) is 17.9 Å². The molecule has 7 heteroatoms. The van der Waals surface area contributed by atoms with Crippen molar-refractivity contribution in [2.24, 2.45) is 0 Å². The zero-order chi connectivity index (χ0) is 16.9. The van der Waals surface area contributed by atoms with Gasteiger partial charge in [-0.1, -0.05) is 0 Å². The summed E-state index contributed by atoms with van der Waals surface area (Å²) in [6.45, 7) is 0.351. The molecule has 0 radical (unpaired) electrons. The molecule has 0 aliphatic carbocycles. The van der Waals surface area contributed by atoms with Crippen LogP contribution >= 0.6 is 11.3 Å². The number of nitrogens with zero attached hydrogens (tertiary/aromatic N) is 1. The summed E-state index contributed by atoms with van der Waals surface area (Å²) in [5.41, 5.74) is 3.12. The Hall–Kier alpha value is -2.80. The quantitative estimate of drug-likeness (QED) is 0.751. The fourth-order valence-electron chi connectivity index (χ4n) is 1.95. The number of amides is 1. The van der Waals surface area contributed by atoms with E-state index >= 15 is 0 Å². The molecule has 0 aliphatic heterocycles. The fourth-order valence-corrected chi connectivity index (χ4v) is 2.49. The highest BCUT2D eigenvalue weighted by molar-refractivity contribution is 7.07. The van der Waals surface area contributed by atoms with Gasteiger partial charge in [0.25, 0.3) is 5.91 Å². The van der Waals surface area contributed by atoms with E-state index < -0.39 is 17.5 Å². The number of rotatable bonds is 5. The summed E-state index contributed by atoms with van der Waals surface area (Å²) in [4.78, 5) is 16.2. The van der Waals surface area contributed by atoms with Gasteiger partial charge >= 0.3 is 0 Å². The Bertz CT molecular complexity index is 836. The molecule has 1 aromatic heterocycles. The van der Waals surface area contributed by atoms with Crippen molar-refractivity contribution < 1.29 is 18.3 Å². The highest BCUT2D eigenvalue weighted by atomic mass is 32.1. The average molecular weight is 346 g/mol. The molecule has 0 fully saturated rings. The van der Waals surface area contributed by atoms with E-state index in [1.165, 1.54) is 17.4 Å². The van der Waals surface area contributed by atoms with Gasteiger partial charge in [0.2, 0.25) is 0 Å². The number of anilines is 1. The van der Waals surface area contributed by atoms with Gasteiger partial charge in [-0.2, -0.15) is 0 Å². The fraction of sp³-hybridized carbons (Fsp3) is 0.0588. The lowest BCUT2D eigenvalue weighted by Gasteiger charge is -2.07. The Labute approximate surface area is 140 Å². The van der Waals surface area contributed by atoms with Crippen molar-refractivity contribution >= 4 is 22.9 Å². The minimum atomic E-state index is -1.02. The second-order valence-electron chi connectivity index (χ2n) is 4.88. The maximum Gasteiger partial charge on any atom is 0.255 e. The van der Waals surface area contributed by atoms with Crippen LogP contribution in [0.2, 0.25) is 0 Å². The van der Waals surface area contributed by atoms with E-state index in [0.717, 1.165) is 17.8 Å². The van der Waals surface area contributed by atoms with E-state index in [9.17, 15) is 13.6 Å². The smallest absolute Gasteiger partial charge is 0.255 e. The van der Waals surface area contributed by atoms with Crippen molar-refractivity contribution in [1.82, 2.24) is 4.98 Å². The van der Waals surface area contributed by atoms with Gasteiger partial charge < -0.3 is 10.1 Å². The summed E-state index contributed by atoms with van der Waals surface area (Å²) in [6.07, 6.45) is 0. The third-order valence-electron chi connectivity index (χ3n) is 3.16. The molecule has 122 valence electrons. The third-order valence-corrected chi connectivity index (χ3v) is 3.80. The number of aromatic nitrogens is 1. The van der Waals surface area contributed by atoms with Crippen molar-refractivity contribution in [3.8, 4) is 5.75 Å². The molecule has 3 aromatic rings. The molecule has 2 aromatic carbocycles. The number of thiazole rings is 1. The van der Waals surface area contributed by atoms with Gasteiger partial charge in [-0.25, -0.2) is 13.8 Å². The minimum Gasteiger partial charge on any atom is -0.487 e. The summed E-state index contributed by atoms with van der Waals surface area (Å²) < 4.78 is 31.6. The number of carbonyl (C=O) groups is 1. The number of nitrogens with one attached hydrogen (secondary N) is 1. The van der Waals surface area contributed by atoms with E-state index in [-0.39, 0.29) is 5.69 Å². The normalized spacial score (nSPS) is 10.4. The highest BCUT2D eigenvalue weighted by Gasteiger charge is 2.09. The van der Waals surface area contributed by atoms with E-state index in [1.807, 2.05) is 5.38 Å². The summed E-state index contributed by atoms with van der Waals surface area (Å²) in [5, 5.41) is 4.40. The van der Waals surface area contributed by atoms with Gasteiger partial charge in [0.15, 0.2) is 11.6 Å². The Morgan fingerprint density at radius 1 is 1.12 bits per heavy atom. The second kappa shape index (κ2) is 7.18. The molecule has 1 heterocycles. The number of hydrogen-bond acceptors (Lipinski definition) is 4. The molecular formula is C17H12F2N2O2S. The Morgan fingerprint density at radius 3 is 2.58 bits per heavy atom. The van der Waals surface area contributed by atoms with Gasteiger partial charge in [0.1, 0.15) is 12.4 Å². The monoisotopic (exact) mass is 346 g/mol. The van der Waals surface area contributed by atoms with Crippen LogP contribution in [0.4, 0.5) is 14.5 Å². The first kappa shape index (κ1) is 16.1. The van der Waals surface area contributed by atoms with Crippen LogP contribution in [0.25, 0.3) is 0 Å². The standard InChI is InChI=1S/C17H12F2N2O2S/c18-15-6-3-12(7-16(15)19)21-17(22)11-1-4-14(5-2-11)23-8-13-9-24-10-20-13/h1-7,9-10H,8H2,(H,21,22). The van der Waals surface area contributed by atoms with Gasteiger partial charge in [-0.05, 0) is 36.4 Å². The molecule has 1 N–H and O–H groups in total. The van der Waals surface area contributed by atoms with Gasteiger partial charge in [-0.3, -0.25) is 4.79 Å². The molecular weight excluding hydrogens is 334 g/mol. The third kappa shape index (κ3) is 3.94. The number of halogens is 2. The number of benzene rings is 2. The Balaban J connectivity index is 1.61. The second-order valence-corrected chi connectivity index (χ2v) is 5.59. The van der Waals surface area contributed by atoms with Gasteiger partial charge in [-0.15, -0.1) is 11.3 Å². The van der Waals surface area contributed by atoms with Crippen molar-refractivity contribution in [2.45, 2.75) is 6.61 Å². The zero-order valence-electron chi connectivity index (χ0n) is 12.3. The van der Waals surface area contributed by atoms with Crippen LogP contribution in [0.3, 0.4) is 0 Å². The SMILES string of the molecule is O=C(Nc1ccc(F)c(F)c1)c1ccc(OCc2cscn2)cc1. The maximum atomic E-state index is 13.1. The van der Waals surface area contributed by atoms with E-state index in [2.05, 4.69) is 10.3 Å². The number of hydrogen-bond donors (Lipinski definition) is 1. The van der Waals surface area contributed by atoms with Gasteiger partial charge in [0, 0.05) is 22.7 Å². The van der Waals surface area contributed by atoms with Crippen LogP contribution in [0.5, 0.6) is 5.75 Å². The van der Waals surface area contributed by atoms with Crippen molar-refractivity contribution in [2.75, 3.05) is 5.32 Å². The molecule has 0 spiro atoms. The van der Waals surface area contributed by atoms with Crippen molar-refractivity contribution in [3.63, 3.8) is 0 Å². The van der Waals surface area contributed by atoms with E-state index in [4.69, 9.17) is 4.74 Å². The molecule has 3 rings (SSSR count). The van der Waals surface area contributed by atoms with Crippen molar-refractivity contribution in [3.05, 3.63) is 76.2 Å². The molecule has 0 saturated carbocycles. The molecule has 0 unspecified atom stereocenters. The van der Waals surface area contributed by atoms with Crippen LogP contribution < -0.4 is 10.1 Å². The lowest BCUT2D eigenvalue weighted by molar-refractivity contribution is 0.102. The predicted octanol–water partition coefficient (Wildman–Crippen LogP) is 4.25. The van der Waals surface area contributed by atoms with Crippen LogP contribution in [-0.4, -0.2) is 10.9 Å². The molecule has 24 heavy (non-hydrogen) atoms. The molecule has 0 aliphatic rings. The molecule has 1 amide bonds. The molecule has 0 atom stereocenters. The Kier molecular flexibility index (Phi) is 4.81. The summed E-state index contributed by atoms with van der Waals surface area (Å²) in [5.74, 6) is -1.80. The molecule has 0 bridgehead atoms. The van der Waals surface area contributed by atoms with Gasteiger partial charge in [0.05, 0.1) is 11.2 Å². The topological polar surface area (TPSA) is 51.2 Å². The largest absolute Gasteiger partial charge is 0.487 e. The van der Waals surface area contributed by atoms with Crippen LogP contribution in [0.1, 0.15) is 16.1 Å². The molecule has 0 saturated heterocycles. The van der Waals surface area contributed by atoms with E-state index in [1.54, 1.807) is 29.8 Å². The first-order chi connectivity index (χ1) is 11.6. The number of ether oxygens (including phenoxy) is 1. The maximum absolute atomic E-state index is 13.1. The van der Waals surface area contributed by atoms with Crippen molar-refractivity contribution in [1.29, 1.82) is 0 Å². The number of carbonyl (C=O) groups excluding carboxylic acids is 1. The summed E-state index contributed by atoms with van der Waals surface area (Å²) in [6, 6.07) is 9.68. The lowest BCUT2D eigenvalue weighted by atomic mass is 10.2. The minimum absolute atomic E-state index is 0.183. The first-order valence-corrected chi connectivity index (χ1v) is 7.92. The summed E-state index contributed by atoms with van der Waals surface area (Å²) in [7, 11) is 0.